The second kappa shape index (κ2) is 15.4. The van der Waals surface area contributed by atoms with Crippen LogP contribution < -0.4 is 9.62 Å². The molecular weight excluding hydrogens is 600 g/mol. The Balaban J connectivity index is 1.89. The van der Waals surface area contributed by atoms with Gasteiger partial charge < -0.3 is 10.2 Å². The monoisotopic (exact) mass is 635 g/mol. The van der Waals surface area contributed by atoms with Crippen molar-refractivity contribution in [3.63, 3.8) is 0 Å². The van der Waals surface area contributed by atoms with Crippen LogP contribution in [0.1, 0.15) is 37.8 Å². The van der Waals surface area contributed by atoms with E-state index in [1.54, 1.807) is 18.2 Å². The van der Waals surface area contributed by atoms with Crippen molar-refractivity contribution >= 4 is 50.7 Å². The Bertz CT molecular complexity index is 1450. The molecular formula is C31H36Cl2FN3O4S. The predicted molar refractivity (Wildman–Crippen MR) is 167 cm³/mol. The summed E-state index contributed by atoms with van der Waals surface area (Å²) in [5.74, 6) is -0.849. The number of halogens is 3. The third-order valence-corrected chi connectivity index (χ3v) is 8.29. The van der Waals surface area contributed by atoms with E-state index in [9.17, 15) is 22.4 Å². The van der Waals surface area contributed by atoms with Crippen LogP contribution in [-0.4, -0.2) is 50.5 Å². The Hall–Kier alpha value is -3.14. The Morgan fingerprint density at radius 3 is 2.24 bits per heavy atom. The molecule has 1 atom stereocenters. The molecule has 3 aromatic carbocycles. The molecule has 3 aromatic rings. The highest BCUT2D eigenvalue weighted by atomic mass is 35.5. The van der Waals surface area contributed by atoms with E-state index in [0.29, 0.717) is 17.1 Å². The van der Waals surface area contributed by atoms with Crippen LogP contribution >= 0.6 is 23.2 Å². The van der Waals surface area contributed by atoms with Crippen molar-refractivity contribution in [3.8, 4) is 0 Å². The first kappa shape index (κ1) is 33.4. The lowest BCUT2D eigenvalue weighted by Crippen LogP contribution is -2.51. The average Bonchev–Trinajstić information content (AvgIpc) is 2.94. The van der Waals surface area contributed by atoms with Crippen molar-refractivity contribution in [1.29, 1.82) is 0 Å². The molecule has 0 fully saturated rings. The highest BCUT2D eigenvalue weighted by Gasteiger charge is 2.31. The minimum absolute atomic E-state index is 0.0298. The van der Waals surface area contributed by atoms with Crippen molar-refractivity contribution < 1.29 is 22.4 Å². The van der Waals surface area contributed by atoms with E-state index in [2.05, 4.69) is 5.32 Å². The molecule has 226 valence electrons. The molecule has 1 N–H and O–H groups in total. The van der Waals surface area contributed by atoms with Crippen LogP contribution in [0, 0.1) is 11.7 Å². The molecule has 0 aliphatic heterocycles. The molecule has 0 aliphatic rings. The summed E-state index contributed by atoms with van der Waals surface area (Å²) in [6.45, 7) is 4.44. The number of anilines is 1. The minimum atomic E-state index is -3.75. The number of sulfonamides is 1. The van der Waals surface area contributed by atoms with Gasteiger partial charge in [-0.1, -0.05) is 79.5 Å². The molecule has 0 heterocycles. The van der Waals surface area contributed by atoms with Crippen molar-refractivity contribution in [3.05, 3.63) is 99.8 Å². The maximum Gasteiger partial charge on any atom is 0.243 e. The fourth-order valence-electron chi connectivity index (χ4n) is 4.42. The van der Waals surface area contributed by atoms with Crippen molar-refractivity contribution in [1.82, 2.24) is 10.2 Å². The van der Waals surface area contributed by atoms with Gasteiger partial charge in [-0.15, -0.1) is 0 Å². The third kappa shape index (κ3) is 10.00. The lowest BCUT2D eigenvalue weighted by atomic mass is 10.0. The summed E-state index contributed by atoms with van der Waals surface area (Å²) in [6.07, 6.45) is 1.43. The van der Waals surface area contributed by atoms with Gasteiger partial charge in [0.05, 0.1) is 17.0 Å². The predicted octanol–water partition coefficient (Wildman–Crippen LogP) is 6.09. The molecule has 0 bridgehead atoms. The van der Waals surface area contributed by atoms with Gasteiger partial charge in [0, 0.05) is 37.5 Å². The normalized spacial score (nSPS) is 12.2. The number of rotatable bonds is 14. The summed E-state index contributed by atoms with van der Waals surface area (Å²) >= 11 is 12.4. The highest BCUT2D eigenvalue weighted by molar-refractivity contribution is 7.92. The Morgan fingerprint density at radius 1 is 0.952 bits per heavy atom. The lowest BCUT2D eigenvalue weighted by molar-refractivity contribution is -0.141. The van der Waals surface area contributed by atoms with Gasteiger partial charge in [-0.3, -0.25) is 13.9 Å². The van der Waals surface area contributed by atoms with Gasteiger partial charge in [0.15, 0.2) is 0 Å². The molecule has 7 nitrogen and oxygen atoms in total. The molecule has 0 aliphatic carbocycles. The van der Waals surface area contributed by atoms with E-state index >= 15 is 0 Å². The number of amides is 2. The van der Waals surface area contributed by atoms with E-state index in [4.69, 9.17) is 23.2 Å². The molecule has 42 heavy (non-hydrogen) atoms. The largest absolute Gasteiger partial charge is 0.354 e. The summed E-state index contributed by atoms with van der Waals surface area (Å²) < 4.78 is 40.1. The van der Waals surface area contributed by atoms with E-state index in [1.165, 1.54) is 29.2 Å². The van der Waals surface area contributed by atoms with Crippen LogP contribution in [-0.2, 0) is 32.6 Å². The topological polar surface area (TPSA) is 86.8 Å². The summed E-state index contributed by atoms with van der Waals surface area (Å²) in [6, 6.07) is 18.8. The summed E-state index contributed by atoms with van der Waals surface area (Å²) in [5, 5.41) is 3.48. The zero-order valence-corrected chi connectivity index (χ0v) is 26.2. The standard InChI is InChI=1S/C31H36Cl2FN3O4S/c1-22(2)20-35-31(39)29(18-23-8-5-4-6-9-23)36(21-24-11-14-26(34)15-12-24)30(38)10-7-17-37(42(3,40)41)28-19-25(32)13-16-27(28)33/h4-6,8-9,11-16,19,22,29H,7,10,17-18,20-21H2,1-3H3,(H,35,39)/t29-/m1/s1. The number of nitrogens with zero attached hydrogens (tertiary/aromatic N) is 2. The van der Waals surface area contributed by atoms with Gasteiger partial charge in [0.1, 0.15) is 11.9 Å². The Morgan fingerprint density at radius 2 is 1.62 bits per heavy atom. The third-order valence-electron chi connectivity index (χ3n) is 6.55. The first-order valence-corrected chi connectivity index (χ1v) is 16.2. The first-order valence-electron chi connectivity index (χ1n) is 13.6. The van der Waals surface area contributed by atoms with E-state index in [1.807, 2.05) is 44.2 Å². The molecule has 0 unspecified atom stereocenters. The number of carbonyl (C=O) groups is 2. The van der Waals surface area contributed by atoms with E-state index in [0.717, 1.165) is 16.1 Å². The minimum Gasteiger partial charge on any atom is -0.354 e. The highest BCUT2D eigenvalue weighted by Crippen LogP contribution is 2.31. The molecule has 0 saturated carbocycles. The van der Waals surface area contributed by atoms with Gasteiger partial charge >= 0.3 is 0 Å². The number of carbonyl (C=O) groups excluding carboxylic acids is 2. The maximum atomic E-state index is 13.8. The Kier molecular flexibility index (Phi) is 12.2. The summed E-state index contributed by atoms with van der Waals surface area (Å²) in [7, 11) is -3.75. The fourth-order valence-corrected chi connectivity index (χ4v) is 5.83. The number of hydrogen-bond acceptors (Lipinski definition) is 4. The molecule has 0 radical (unpaired) electrons. The molecule has 0 spiro atoms. The van der Waals surface area contributed by atoms with Gasteiger partial charge in [0.25, 0.3) is 0 Å². The van der Waals surface area contributed by atoms with Crippen LogP contribution in [0.3, 0.4) is 0 Å². The maximum absolute atomic E-state index is 13.8. The van der Waals surface area contributed by atoms with Gasteiger partial charge in [0.2, 0.25) is 21.8 Å². The molecule has 11 heteroatoms. The summed E-state index contributed by atoms with van der Waals surface area (Å²) in [5.41, 5.74) is 1.75. The second-order valence-corrected chi connectivity index (χ2v) is 13.3. The van der Waals surface area contributed by atoms with Crippen LogP contribution in [0.25, 0.3) is 0 Å². The SMILES string of the molecule is CC(C)CNC(=O)[C@@H](Cc1ccccc1)N(Cc1ccc(F)cc1)C(=O)CCCN(c1cc(Cl)ccc1Cl)S(C)(=O)=O. The molecule has 2 amide bonds. The molecule has 3 rings (SSSR count). The molecule has 0 aromatic heterocycles. The zero-order chi connectivity index (χ0) is 30.9. The molecule has 0 saturated heterocycles. The second-order valence-electron chi connectivity index (χ2n) is 10.5. The summed E-state index contributed by atoms with van der Waals surface area (Å²) in [4.78, 5) is 28.9. The number of nitrogens with one attached hydrogen (secondary N) is 1. The van der Waals surface area contributed by atoms with Gasteiger partial charge in [-0.05, 0) is 53.8 Å². The van der Waals surface area contributed by atoms with Crippen LogP contribution in [0.15, 0.2) is 72.8 Å². The lowest BCUT2D eigenvalue weighted by Gasteiger charge is -2.32. The Labute approximate surface area is 257 Å². The van der Waals surface area contributed by atoms with Crippen molar-refractivity contribution in [2.75, 3.05) is 23.7 Å². The van der Waals surface area contributed by atoms with Crippen LogP contribution in [0.4, 0.5) is 10.1 Å². The average molecular weight is 637 g/mol. The number of hydrogen-bond donors (Lipinski definition) is 1. The van der Waals surface area contributed by atoms with Crippen molar-refractivity contribution in [2.24, 2.45) is 5.92 Å². The van der Waals surface area contributed by atoms with Crippen LogP contribution in [0.5, 0.6) is 0 Å². The smallest absolute Gasteiger partial charge is 0.243 e. The van der Waals surface area contributed by atoms with E-state index in [-0.39, 0.29) is 60.8 Å². The van der Waals surface area contributed by atoms with Crippen LogP contribution in [0.2, 0.25) is 10.0 Å². The van der Waals surface area contributed by atoms with E-state index < -0.39 is 21.9 Å². The quantitative estimate of drug-likeness (QED) is 0.232. The first-order chi connectivity index (χ1) is 19.8. The van der Waals surface area contributed by atoms with Gasteiger partial charge in [-0.2, -0.15) is 0 Å². The fraction of sp³-hybridized carbons (Fsp3) is 0.355. The van der Waals surface area contributed by atoms with Gasteiger partial charge in [-0.25, -0.2) is 12.8 Å². The number of benzene rings is 3. The van der Waals surface area contributed by atoms with Crippen molar-refractivity contribution in [2.45, 2.75) is 45.7 Å². The zero-order valence-electron chi connectivity index (χ0n) is 23.9.